The van der Waals surface area contributed by atoms with Crippen LogP contribution >= 0.6 is 0 Å². The predicted molar refractivity (Wildman–Crippen MR) is 107 cm³/mol. The summed E-state index contributed by atoms with van der Waals surface area (Å²) in [5.74, 6) is -0.0896. The molecule has 0 bridgehead atoms. The smallest absolute Gasteiger partial charge is 0.264 e. The van der Waals surface area contributed by atoms with Crippen LogP contribution in [0.5, 0.6) is 0 Å². The average molecular weight is 379 g/mol. The van der Waals surface area contributed by atoms with Crippen molar-refractivity contribution in [1.82, 2.24) is 0 Å². The zero-order valence-electron chi connectivity index (χ0n) is 16.4. The SMILES string of the molecule is CCC(O)CCCCCCCCCCCCCCCCCS(=O)(=O)O. The van der Waals surface area contributed by atoms with E-state index in [1.54, 1.807) is 0 Å². The molecule has 0 aliphatic carbocycles. The Morgan fingerprint density at radius 2 is 0.960 bits per heavy atom. The van der Waals surface area contributed by atoms with Crippen LogP contribution in [0.25, 0.3) is 0 Å². The van der Waals surface area contributed by atoms with Gasteiger partial charge in [0.05, 0.1) is 11.9 Å². The summed E-state index contributed by atoms with van der Waals surface area (Å²) >= 11 is 0. The number of hydrogen-bond donors (Lipinski definition) is 2. The third kappa shape index (κ3) is 21.8. The molecule has 5 heteroatoms. The summed E-state index contributed by atoms with van der Waals surface area (Å²) in [5, 5.41) is 9.47. The molecule has 0 aromatic heterocycles. The zero-order valence-corrected chi connectivity index (χ0v) is 17.2. The molecule has 4 nitrogen and oxygen atoms in total. The first-order valence-corrected chi connectivity index (χ1v) is 12.2. The van der Waals surface area contributed by atoms with Crippen LogP contribution in [0.15, 0.2) is 0 Å². The summed E-state index contributed by atoms with van der Waals surface area (Å²) in [4.78, 5) is 0. The Hall–Kier alpha value is -0.130. The van der Waals surface area contributed by atoms with Crippen LogP contribution in [0, 0.1) is 0 Å². The lowest BCUT2D eigenvalue weighted by Gasteiger charge is -2.06. The summed E-state index contributed by atoms with van der Waals surface area (Å²) in [6.07, 6.45) is 19.8. The van der Waals surface area contributed by atoms with Crippen LogP contribution in [-0.4, -0.2) is 29.9 Å². The lowest BCUT2D eigenvalue weighted by Crippen LogP contribution is -2.03. The molecule has 152 valence electrons. The van der Waals surface area contributed by atoms with Crippen molar-refractivity contribution in [3.8, 4) is 0 Å². The fourth-order valence-corrected chi connectivity index (χ4v) is 3.74. The van der Waals surface area contributed by atoms with Crippen LogP contribution in [0.4, 0.5) is 0 Å². The van der Waals surface area contributed by atoms with Crippen molar-refractivity contribution in [2.45, 2.75) is 122 Å². The highest BCUT2D eigenvalue weighted by atomic mass is 32.2. The van der Waals surface area contributed by atoms with E-state index in [1.165, 1.54) is 77.0 Å². The fourth-order valence-electron chi connectivity index (χ4n) is 3.17. The maximum Gasteiger partial charge on any atom is 0.264 e. The van der Waals surface area contributed by atoms with Crippen LogP contribution < -0.4 is 0 Å². The maximum absolute atomic E-state index is 10.6. The van der Waals surface area contributed by atoms with E-state index >= 15 is 0 Å². The van der Waals surface area contributed by atoms with Gasteiger partial charge in [0.25, 0.3) is 10.1 Å². The number of aliphatic hydroxyl groups excluding tert-OH is 1. The first-order valence-electron chi connectivity index (χ1n) is 10.6. The van der Waals surface area contributed by atoms with Gasteiger partial charge in [-0.15, -0.1) is 0 Å². The third-order valence-corrected chi connectivity index (χ3v) is 5.72. The summed E-state index contributed by atoms with van der Waals surface area (Å²) in [6, 6.07) is 0. The minimum Gasteiger partial charge on any atom is -0.393 e. The van der Waals surface area contributed by atoms with E-state index in [0.717, 1.165) is 25.7 Å². The predicted octanol–water partition coefficient (Wildman–Crippen LogP) is 5.89. The Kier molecular flexibility index (Phi) is 17.2. The van der Waals surface area contributed by atoms with Crippen molar-refractivity contribution in [3.05, 3.63) is 0 Å². The highest BCUT2D eigenvalue weighted by Crippen LogP contribution is 2.14. The second-order valence-corrected chi connectivity index (χ2v) is 9.01. The second-order valence-electron chi connectivity index (χ2n) is 7.44. The Morgan fingerprint density at radius 3 is 1.28 bits per heavy atom. The Balaban J connectivity index is 3.07. The summed E-state index contributed by atoms with van der Waals surface area (Å²) < 4.78 is 29.7. The van der Waals surface area contributed by atoms with Gasteiger partial charge in [-0.25, -0.2) is 0 Å². The molecule has 0 spiro atoms. The standard InChI is InChI=1S/C20H42O4S/c1-2-20(21)18-16-14-12-10-8-6-4-3-5-7-9-11-13-15-17-19-25(22,23)24/h20-21H,2-19H2,1H3,(H,22,23,24). The minimum absolute atomic E-state index is 0.0864. The second kappa shape index (κ2) is 17.3. The van der Waals surface area contributed by atoms with E-state index < -0.39 is 10.1 Å². The van der Waals surface area contributed by atoms with Crippen molar-refractivity contribution in [3.63, 3.8) is 0 Å². The minimum atomic E-state index is -3.76. The van der Waals surface area contributed by atoms with Gasteiger partial charge in [0.1, 0.15) is 0 Å². The molecule has 0 amide bonds. The molecule has 0 aromatic carbocycles. The van der Waals surface area contributed by atoms with Crippen LogP contribution in [-0.2, 0) is 10.1 Å². The molecule has 0 saturated carbocycles. The Labute approximate surface area is 156 Å². The molecule has 0 radical (unpaired) electrons. The molecular formula is C20H42O4S. The molecule has 0 saturated heterocycles. The fraction of sp³-hybridized carbons (Fsp3) is 1.00. The quantitative estimate of drug-likeness (QED) is 0.217. The van der Waals surface area contributed by atoms with Crippen LogP contribution in [0.1, 0.15) is 116 Å². The Bertz CT molecular complexity index is 368. The van der Waals surface area contributed by atoms with Gasteiger partial charge in [0.15, 0.2) is 0 Å². The summed E-state index contributed by atoms with van der Waals surface area (Å²) in [5.41, 5.74) is 0. The molecular weight excluding hydrogens is 336 g/mol. The molecule has 2 N–H and O–H groups in total. The van der Waals surface area contributed by atoms with Crippen LogP contribution in [0.3, 0.4) is 0 Å². The number of unbranched alkanes of at least 4 members (excludes halogenated alkanes) is 14. The molecule has 0 aromatic rings. The summed E-state index contributed by atoms with van der Waals surface area (Å²) in [6.45, 7) is 2.04. The van der Waals surface area contributed by atoms with Gasteiger partial charge < -0.3 is 5.11 Å². The van der Waals surface area contributed by atoms with Crippen molar-refractivity contribution >= 4 is 10.1 Å². The molecule has 0 aliphatic rings. The van der Waals surface area contributed by atoms with Gasteiger partial charge in [0.2, 0.25) is 0 Å². The van der Waals surface area contributed by atoms with E-state index in [4.69, 9.17) is 4.55 Å². The zero-order chi connectivity index (χ0) is 18.8. The summed E-state index contributed by atoms with van der Waals surface area (Å²) in [7, 11) is -3.76. The topological polar surface area (TPSA) is 74.6 Å². The lowest BCUT2D eigenvalue weighted by molar-refractivity contribution is 0.156. The molecule has 0 heterocycles. The average Bonchev–Trinajstić information content (AvgIpc) is 2.56. The maximum atomic E-state index is 10.6. The van der Waals surface area contributed by atoms with E-state index in [-0.39, 0.29) is 11.9 Å². The van der Waals surface area contributed by atoms with E-state index in [1.807, 2.05) is 6.92 Å². The number of aliphatic hydroxyl groups is 1. The van der Waals surface area contributed by atoms with Gasteiger partial charge in [-0.2, -0.15) is 8.42 Å². The van der Waals surface area contributed by atoms with E-state index in [0.29, 0.717) is 6.42 Å². The van der Waals surface area contributed by atoms with Gasteiger partial charge in [-0.1, -0.05) is 96.8 Å². The molecule has 0 rings (SSSR count). The number of hydrogen-bond acceptors (Lipinski definition) is 3. The molecule has 1 atom stereocenters. The Morgan fingerprint density at radius 1 is 0.640 bits per heavy atom. The largest absolute Gasteiger partial charge is 0.393 e. The highest BCUT2D eigenvalue weighted by molar-refractivity contribution is 7.85. The van der Waals surface area contributed by atoms with Crippen molar-refractivity contribution in [2.75, 3.05) is 5.75 Å². The lowest BCUT2D eigenvalue weighted by atomic mass is 10.0. The van der Waals surface area contributed by atoms with Gasteiger partial charge >= 0.3 is 0 Å². The van der Waals surface area contributed by atoms with E-state index in [2.05, 4.69) is 0 Å². The molecule has 0 fully saturated rings. The van der Waals surface area contributed by atoms with Crippen molar-refractivity contribution < 1.29 is 18.1 Å². The van der Waals surface area contributed by atoms with Crippen LogP contribution in [0.2, 0.25) is 0 Å². The van der Waals surface area contributed by atoms with Gasteiger partial charge in [0, 0.05) is 0 Å². The van der Waals surface area contributed by atoms with Gasteiger partial charge in [-0.3, -0.25) is 4.55 Å². The van der Waals surface area contributed by atoms with Crippen molar-refractivity contribution in [1.29, 1.82) is 0 Å². The highest BCUT2D eigenvalue weighted by Gasteiger charge is 2.03. The van der Waals surface area contributed by atoms with E-state index in [9.17, 15) is 13.5 Å². The molecule has 0 aliphatic heterocycles. The molecule has 25 heavy (non-hydrogen) atoms. The monoisotopic (exact) mass is 378 g/mol. The first-order chi connectivity index (χ1) is 12.0. The number of rotatable bonds is 19. The normalized spacial score (nSPS) is 13.2. The van der Waals surface area contributed by atoms with Crippen molar-refractivity contribution in [2.24, 2.45) is 0 Å². The van der Waals surface area contributed by atoms with Gasteiger partial charge in [-0.05, 0) is 19.3 Å². The first kappa shape index (κ1) is 24.9. The third-order valence-electron chi connectivity index (χ3n) is 4.91. The molecule has 1 unspecified atom stereocenters.